The molecule has 0 amide bonds. The summed E-state index contributed by atoms with van der Waals surface area (Å²) in [6, 6.07) is 12.8. The molecule has 0 spiro atoms. The van der Waals surface area contributed by atoms with E-state index >= 15 is 0 Å². The molecule has 0 N–H and O–H groups in total. The number of hydrogen-bond donors (Lipinski definition) is 0. The number of alkyl halides is 3. The second-order valence-electron chi connectivity index (χ2n) is 5.12. The van der Waals surface area contributed by atoms with Crippen LogP contribution in [0.15, 0.2) is 42.5 Å². The molecule has 3 rings (SSSR count). The summed E-state index contributed by atoms with van der Waals surface area (Å²) >= 11 is 0. The molecule has 0 aliphatic heterocycles. The summed E-state index contributed by atoms with van der Waals surface area (Å²) in [5, 5.41) is 8.68. The summed E-state index contributed by atoms with van der Waals surface area (Å²) in [6.45, 7) is -0.163. The number of rotatable bonds is 3. The third kappa shape index (κ3) is 2.94. The van der Waals surface area contributed by atoms with Gasteiger partial charge >= 0.3 is 12.1 Å². The molecule has 8 heteroatoms. The number of aromatic nitrogens is 3. The summed E-state index contributed by atoms with van der Waals surface area (Å²) in [5.41, 5.74) is -1.45. The number of carbonyl (C=O) groups is 1. The lowest BCUT2D eigenvalue weighted by Gasteiger charge is -2.11. The molecule has 0 saturated heterocycles. The van der Waals surface area contributed by atoms with Gasteiger partial charge in [0.2, 0.25) is 5.69 Å². The quantitative estimate of drug-likeness (QED) is 0.689. The number of benzene rings is 2. The van der Waals surface area contributed by atoms with Crippen LogP contribution in [0.3, 0.4) is 0 Å². The van der Waals surface area contributed by atoms with Crippen LogP contribution in [-0.4, -0.2) is 28.1 Å². The van der Waals surface area contributed by atoms with E-state index in [1.54, 1.807) is 12.1 Å². The highest BCUT2D eigenvalue weighted by Crippen LogP contribution is 2.32. The van der Waals surface area contributed by atoms with E-state index in [0.717, 1.165) is 17.9 Å². The molecule has 24 heavy (non-hydrogen) atoms. The summed E-state index contributed by atoms with van der Waals surface area (Å²) in [6.07, 6.45) is -4.77. The highest BCUT2D eigenvalue weighted by molar-refractivity contribution is 5.88. The van der Waals surface area contributed by atoms with E-state index in [0.29, 0.717) is 10.2 Å². The van der Waals surface area contributed by atoms with Crippen LogP contribution < -0.4 is 0 Å². The topological polar surface area (TPSA) is 57.0 Å². The van der Waals surface area contributed by atoms with E-state index in [9.17, 15) is 18.0 Å². The van der Waals surface area contributed by atoms with Crippen LogP contribution in [0.5, 0.6) is 0 Å². The minimum atomic E-state index is -4.77. The molecule has 0 aliphatic rings. The number of halogens is 3. The van der Waals surface area contributed by atoms with E-state index in [2.05, 4.69) is 15.0 Å². The molecule has 0 unspecified atom stereocenters. The molecule has 0 atom stereocenters. The lowest BCUT2D eigenvalue weighted by molar-refractivity contribution is -0.144. The Bertz CT molecular complexity index is 903. The van der Waals surface area contributed by atoms with Gasteiger partial charge in [-0.15, -0.1) is 5.10 Å². The average molecular weight is 335 g/mol. The largest absolute Gasteiger partial charge is 0.464 e. The first-order chi connectivity index (χ1) is 11.4. The fourth-order valence-electron chi connectivity index (χ4n) is 2.45. The molecule has 0 saturated carbocycles. The first kappa shape index (κ1) is 16.0. The summed E-state index contributed by atoms with van der Waals surface area (Å²) in [4.78, 5) is 11.5. The van der Waals surface area contributed by atoms with E-state index in [1.165, 1.54) is 0 Å². The SMILES string of the molecule is COC(=O)c1nnn(Cc2ccc3ccccc3c2)c1C(F)(F)F. The van der Waals surface area contributed by atoms with Crippen LogP contribution in [0.4, 0.5) is 13.2 Å². The number of hydrogen-bond acceptors (Lipinski definition) is 4. The smallest absolute Gasteiger partial charge is 0.435 e. The Morgan fingerprint density at radius 2 is 1.88 bits per heavy atom. The van der Waals surface area contributed by atoms with Gasteiger partial charge < -0.3 is 4.74 Å². The molecule has 1 aromatic heterocycles. The third-order valence-electron chi connectivity index (χ3n) is 3.53. The van der Waals surface area contributed by atoms with Crippen LogP contribution in [-0.2, 0) is 17.5 Å². The normalized spacial score (nSPS) is 11.7. The Kier molecular flexibility index (Phi) is 3.96. The van der Waals surface area contributed by atoms with E-state index in [4.69, 9.17) is 0 Å². The first-order valence-corrected chi connectivity index (χ1v) is 6.97. The van der Waals surface area contributed by atoms with Gasteiger partial charge in [-0.1, -0.05) is 41.6 Å². The fourth-order valence-corrected chi connectivity index (χ4v) is 2.45. The number of fused-ring (bicyclic) bond motifs is 1. The fraction of sp³-hybridized carbons (Fsp3) is 0.188. The number of nitrogens with zero attached hydrogens (tertiary/aromatic N) is 3. The second kappa shape index (κ2) is 5.95. The first-order valence-electron chi connectivity index (χ1n) is 6.97. The van der Waals surface area contributed by atoms with Crippen LogP contribution >= 0.6 is 0 Å². The maximum atomic E-state index is 13.3. The van der Waals surface area contributed by atoms with E-state index in [1.807, 2.05) is 30.3 Å². The van der Waals surface area contributed by atoms with Gasteiger partial charge in [-0.05, 0) is 22.4 Å². The molecule has 0 bridgehead atoms. The second-order valence-corrected chi connectivity index (χ2v) is 5.12. The molecule has 0 fully saturated rings. The minimum absolute atomic E-state index is 0.163. The van der Waals surface area contributed by atoms with E-state index in [-0.39, 0.29) is 6.54 Å². The lowest BCUT2D eigenvalue weighted by Crippen LogP contribution is -2.19. The van der Waals surface area contributed by atoms with Gasteiger partial charge in [-0.25, -0.2) is 9.48 Å². The van der Waals surface area contributed by atoms with E-state index < -0.39 is 23.5 Å². The number of esters is 1. The van der Waals surface area contributed by atoms with Crippen LogP contribution in [0, 0.1) is 0 Å². The number of carbonyl (C=O) groups excluding carboxylic acids is 1. The van der Waals surface area contributed by atoms with Gasteiger partial charge in [-0.3, -0.25) is 0 Å². The van der Waals surface area contributed by atoms with Crippen molar-refractivity contribution < 1.29 is 22.7 Å². The monoisotopic (exact) mass is 335 g/mol. The van der Waals surface area contributed by atoms with Gasteiger partial charge in [0.15, 0.2) is 5.69 Å². The maximum absolute atomic E-state index is 13.3. The van der Waals surface area contributed by atoms with Gasteiger partial charge in [0.1, 0.15) is 0 Å². The minimum Gasteiger partial charge on any atom is -0.464 e. The molecule has 124 valence electrons. The zero-order valence-corrected chi connectivity index (χ0v) is 12.5. The number of ether oxygens (including phenoxy) is 1. The average Bonchev–Trinajstić information content (AvgIpc) is 2.98. The molecule has 2 aromatic carbocycles. The van der Waals surface area contributed by atoms with Crippen molar-refractivity contribution in [3.63, 3.8) is 0 Å². The van der Waals surface area contributed by atoms with Crippen molar-refractivity contribution in [2.24, 2.45) is 0 Å². The molecular formula is C16H12F3N3O2. The van der Waals surface area contributed by atoms with Gasteiger partial charge in [0, 0.05) is 0 Å². The highest BCUT2D eigenvalue weighted by Gasteiger charge is 2.41. The summed E-state index contributed by atoms with van der Waals surface area (Å²) < 4.78 is 44.9. The molecular weight excluding hydrogens is 323 g/mol. The summed E-state index contributed by atoms with van der Waals surface area (Å²) in [7, 11) is 0.991. The van der Waals surface area contributed by atoms with Crippen LogP contribution in [0.25, 0.3) is 10.8 Å². The van der Waals surface area contributed by atoms with Crippen molar-refractivity contribution in [3.8, 4) is 0 Å². The van der Waals surface area contributed by atoms with Crippen molar-refractivity contribution in [2.45, 2.75) is 12.7 Å². The predicted molar refractivity (Wildman–Crippen MR) is 79.4 cm³/mol. The van der Waals surface area contributed by atoms with Crippen LogP contribution in [0.2, 0.25) is 0 Å². The Labute approximate surface area is 134 Å². The molecule has 0 aliphatic carbocycles. The molecule has 0 radical (unpaired) electrons. The number of methoxy groups -OCH3 is 1. The molecule has 1 heterocycles. The van der Waals surface area contributed by atoms with Crippen molar-refractivity contribution in [3.05, 3.63) is 59.4 Å². The Hall–Kier alpha value is -2.90. The van der Waals surface area contributed by atoms with Gasteiger partial charge in [0.25, 0.3) is 0 Å². The zero-order valence-electron chi connectivity index (χ0n) is 12.5. The predicted octanol–water partition coefficient (Wildman–Crippen LogP) is 3.29. The van der Waals surface area contributed by atoms with Crippen molar-refractivity contribution in [2.75, 3.05) is 7.11 Å². The van der Waals surface area contributed by atoms with Crippen molar-refractivity contribution in [1.29, 1.82) is 0 Å². The molecule has 5 nitrogen and oxygen atoms in total. The maximum Gasteiger partial charge on any atom is 0.435 e. The van der Waals surface area contributed by atoms with Gasteiger partial charge in [-0.2, -0.15) is 13.2 Å². The van der Waals surface area contributed by atoms with Crippen molar-refractivity contribution in [1.82, 2.24) is 15.0 Å². The highest BCUT2D eigenvalue weighted by atomic mass is 19.4. The zero-order chi connectivity index (χ0) is 17.3. The Balaban J connectivity index is 2.02. The standard InChI is InChI=1S/C16H12F3N3O2/c1-24-15(23)13-14(16(17,18)19)22(21-20-13)9-10-6-7-11-4-2-3-5-12(11)8-10/h2-8H,9H2,1H3. The van der Waals surface area contributed by atoms with Crippen molar-refractivity contribution >= 4 is 16.7 Å². The third-order valence-corrected chi connectivity index (χ3v) is 3.53. The molecule has 3 aromatic rings. The Morgan fingerprint density at radius 1 is 1.17 bits per heavy atom. The lowest BCUT2D eigenvalue weighted by atomic mass is 10.1. The van der Waals surface area contributed by atoms with Crippen LogP contribution in [0.1, 0.15) is 21.7 Å². The summed E-state index contributed by atoms with van der Waals surface area (Å²) in [5.74, 6) is -1.17. The van der Waals surface area contributed by atoms with Gasteiger partial charge in [0.05, 0.1) is 13.7 Å². The Morgan fingerprint density at radius 3 is 2.54 bits per heavy atom.